The van der Waals surface area contributed by atoms with E-state index in [0.29, 0.717) is 5.92 Å². The third-order valence-electron chi connectivity index (χ3n) is 5.76. The number of hydrogen-bond acceptors (Lipinski definition) is 1. The Balaban J connectivity index is 5.83. The van der Waals surface area contributed by atoms with Gasteiger partial charge < -0.3 is 4.65 Å². The summed E-state index contributed by atoms with van der Waals surface area (Å²) in [7, 11) is 0. The van der Waals surface area contributed by atoms with E-state index in [1.165, 1.54) is 42.9 Å². The van der Waals surface area contributed by atoms with Crippen LogP contribution in [0.2, 0.25) is 5.31 Å². The summed E-state index contributed by atoms with van der Waals surface area (Å²) in [6, 6.07) is 0. The Bertz CT molecular complexity index is 470. The Morgan fingerprint density at radius 3 is 2.15 bits per heavy atom. The van der Waals surface area contributed by atoms with Crippen molar-refractivity contribution in [2.45, 2.75) is 118 Å². The minimum atomic E-state index is -1.43. The molecule has 0 aliphatic carbocycles. The van der Waals surface area contributed by atoms with Gasteiger partial charge in [-0.25, -0.2) is 0 Å². The maximum atomic E-state index is 6.66. The normalized spacial score (nSPS) is 15.1. The molecule has 0 aromatic carbocycles. The maximum absolute atomic E-state index is 6.66. The smallest absolute Gasteiger partial charge is 0.225 e. The molecule has 152 valence electrons. The summed E-state index contributed by atoms with van der Waals surface area (Å²) in [6.45, 7) is 18.0. The Morgan fingerprint density at radius 1 is 1.04 bits per heavy atom. The Morgan fingerprint density at radius 2 is 1.65 bits per heavy atom. The second-order valence-corrected chi connectivity index (χ2v) is 9.73. The molecule has 26 heavy (non-hydrogen) atoms. The molecule has 0 saturated carbocycles. The predicted molar refractivity (Wildman–Crippen MR) is 124 cm³/mol. The van der Waals surface area contributed by atoms with Gasteiger partial charge in [0.1, 0.15) is 0 Å². The van der Waals surface area contributed by atoms with E-state index in [1.54, 1.807) is 0 Å². The highest BCUT2D eigenvalue weighted by atomic mass is 79.9. The lowest BCUT2D eigenvalue weighted by Crippen LogP contribution is -2.52. The molecule has 0 fully saturated rings. The number of unbranched alkanes of at least 4 members (excludes halogenated alkanes) is 6. The topological polar surface area (TPSA) is 9.23 Å². The van der Waals surface area contributed by atoms with E-state index in [0.717, 1.165) is 12.8 Å². The lowest BCUT2D eigenvalue weighted by atomic mass is 9.24. The number of allylic oxidation sites excluding steroid dienone is 1. The molecular formula is C23H43BBrO-. The van der Waals surface area contributed by atoms with E-state index >= 15 is 0 Å². The van der Waals surface area contributed by atoms with Crippen molar-refractivity contribution >= 4 is 22.3 Å². The van der Waals surface area contributed by atoms with Crippen molar-refractivity contribution in [2.75, 3.05) is 0 Å². The van der Waals surface area contributed by atoms with Crippen LogP contribution in [-0.4, -0.2) is 12.5 Å². The molecule has 1 unspecified atom stereocenters. The molecule has 1 atom stereocenters. The Kier molecular flexibility index (Phi) is 13.0. The summed E-state index contributed by atoms with van der Waals surface area (Å²) in [5.41, 5.74) is 0. The van der Waals surface area contributed by atoms with E-state index in [1.807, 2.05) is 0 Å². The number of halogens is 1. The van der Waals surface area contributed by atoms with Crippen LogP contribution in [0.15, 0.2) is 10.5 Å². The third-order valence-corrected chi connectivity index (χ3v) is 6.73. The van der Waals surface area contributed by atoms with Gasteiger partial charge in [0.05, 0.1) is 0 Å². The molecule has 0 spiro atoms. The third kappa shape index (κ3) is 7.81. The standard InChI is InChI=1S/C23H43BBrO/c1-9-11-13-14-15-17-19-24(26-21(5)6,23(7,8)20(3)4)22(25)18-16-12-10-2/h18,20-21H,9-16H2,1-8H3/q-1/b22-18-. The van der Waals surface area contributed by atoms with Gasteiger partial charge in [0.2, 0.25) is 6.35 Å². The van der Waals surface area contributed by atoms with Crippen LogP contribution in [0, 0.1) is 17.7 Å². The van der Waals surface area contributed by atoms with Gasteiger partial charge >= 0.3 is 0 Å². The van der Waals surface area contributed by atoms with Crippen molar-refractivity contribution in [1.29, 1.82) is 0 Å². The molecule has 0 amide bonds. The Labute approximate surface area is 173 Å². The molecule has 0 aromatic heterocycles. The van der Waals surface area contributed by atoms with E-state index in [4.69, 9.17) is 4.65 Å². The molecular weight excluding hydrogens is 383 g/mol. The summed E-state index contributed by atoms with van der Waals surface area (Å²) < 4.78 is 7.82. The van der Waals surface area contributed by atoms with Gasteiger partial charge in [-0.1, -0.05) is 95.5 Å². The molecule has 0 radical (unpaired) electrons. The maximum Gasteiger partial charge on any atom is 0.225 e. The molecule has 0 rings (SSSR count). The van der Waals surface area contributed by atoms with Crippen molar-refractivity contribution in [3.8, 4) is 11.7 Å². The minimum absolute atomic E-state index is 0.0394. The van der Waals surface area contributed by atoms with E-state index in [-0.39, 0.29) is 11.4 Å². The fraction of sp³-hybridized carbons (Fsp3) is 0.826. The van der Waals surface area contributed by atoms with Crippen LogP contribution >= 0.6 is 15.9 Å². The molecule has 0 N–H and O–H groups in total. The lowest BCUT2D eigenvalue weighted by Gasteiger charge is -2.54. The van der Waals surface area contributed by atoms with Crippen molar-refractivity contribution in [1.82, 2.24) is 0 Å². The first-order valence-corrected chi connectivity index (χ1v) is 11.6. The second-order valence-electron chi connectivity index (χ2n) is 8.81. The van der Waals surface area contributed by atoms with Gasteiger partial charge in [-0.3, -0.25) is 5.82 Å². The predicted octanol–water partition coefficient (Wildman–Crippen LogP) is 8.31. The zero-order valence-corrected chi connectivity index (χ0v) is 20.3. The first-order chi connectivity index (χ1) is 12.2. The molecule has 3 heteroatoms. The lowest BCUT2D eigenvalue weighted by molar-refractivity contribution is 0.213. The molecule has 0 aliphatic rings. The van der Waals surface area contributed by atoms with E-state index < -0.39 is 6.35 Å². The van der Waals surface area contributed by atoms with Crippen molar-refractivity contribution < 1.29 is 4.65 Å². The van der Waals surface area contributed by atoms with Gasteiger partial charge in [0, 0.05) is 12.5 Å². The first-order valence-electron chi connectivity index (χ1n) is 10.8. The molecule has 0 heterocycles. The first kappa shape index (κ1) is 25.8. The summed E-state index contributed by atoms with van der Waals surface area (Å²) in [5.74, 6) is 7.64. The summed E-state index contributed by atoms with van der Waals surface area (Å²) in [5, 5.41) is -0.0394. The number of hydrogen-bond donors (Lipinski definition) is 0. The van der Waals surface area contributed by atoms with Crippen LogP contribution in [0.25, 0.3) is 0 Å². The molecule has 0 aliphatic heterocycles. The average molecular weight is 426 g/mol. The van der Waals surface area contributed by atoms with Crippen LogP contribution in [0.3, 0.4) is 0 Å². The van der Waals surface area contributed by atoms with Crippen LogP contribution in [0.1, 0.15) is 107 Å². The largest absolute Gasteiger partial charge is 0.574 e. The van der Waals surface area contributed by atoms with Crippen LogP contribution < -0.4 is 0 Å². The fourth-order valence-electron chi connectivity index (χ4n) is 3.23. The zero-order valence-electron chi connectivity index (χ0n) is 18.8. The fourth-order valence-corrected chi connectivity index (χ4v) is 4.27. The van der Waals surface area contributed by atoms with Gasteiger partial charge in [-0.05, 0) is 26.7 Å². The zero-order chi connectivity index (χ0) is 20.2. The monoisotopic (exact) mass is 425 g/mol. The van der Waals surface area contributed by atoms with Crippen LogP contribution in [-0.2, 0) is 4.65 Å². The van der Waals surface area contributed by atoms with E-state index in [9.17, 15) is 0 Å². The highest BCUT2D eigenvalue weighted by Gasteiger charge is 2.43. The second kappa shape index (κ2) is 13.1. The van der Waals surface area contributed by atoms with Gasteiger partial charge in [-0.15, -0.1) is 21.7 Å². The van der Waals surface area contributed by atoms with Gasteiger partial charge in [0.25, 0.3) is 0 Å². The summed E-state index contributed by atoms with van der Waals surface area (Å²) in [4.78, 5) is 0. The van der Waals surface area contributed by atoms with Crippen molar-refractivity contribution in [2.24, 2.45) is 5.92 Å². The SMILES string of the molecule is CCCC/C=C(\Br)[B-](C#CCCCCCC)(OC(C)C)C(C)(C)C(C)C. The molecule has 0 saturated heterocycles. The van der Waals surface area contributed by atoms with Crippen LogP contribution in [0.5, 0.6) is 0 Å². The highest BCUT2D eigenvalue weighted by Crippen LogP contribution is 2.50. The molecule has 0 aromatic rings. The van der Waals surface area contributed by atoms with Gasteiger partial charge in [0.15, 0.2) is 0 Å². The van der Waals surface area contributed by atoms with Gasteiger partial charge in [-0.2, -0.15) is 0 Å². The minimum Gasteiger partial charge on any atom is -0.574 e. The molecule has 0 bridgehead atoms. The Hall–Kier alpha value is -0.195. The molecule has 1 nitrogen and oxygen atoms in total. The van der Waals surface area contributed by atoms with E-state index in [2.05, 4.69) is 89.1 Å². The highest BCUT2D eigenvalue weighted by molar-refractivity contribution is 9.12. The van der Waals surface area contributed by atoms with Crippen molar-refractivity contribution in [3.05, 3.63) is 10.5 Å². The number of rotatable bonds is 12. The van der Waals surface area contributed by atoms with Crippen LogP contribution in [0.4, 0.5) is 0 Å². The quantitative estimate of drug-likeness (QED) is 0.173. The summed E-state index contributed by atoms with van der Waals surface area (Å²) in [6.07, 6.45) is 10.5. The summed E-state index contributed by atoms with van der Waals surface area (Å²) >= 11 is 3.92. The average Bonchev–Trinajstić information content (AvgIpc) is 2.56. The van der Waals surface area contributed by atoms with Crippen molar-refractivity contribution in [3.63, 3.8) is 0 Å².